The van der Waals surface area contributed by atoms with E-state index in [1.807, 2.05) is 48.5 Å². The van der Waals surface area contributed by atoms with Gasteiger partial charge in [-0.3, -0.25) is 4.98 Å². The van der Waals surface area contributed by atoms with E-state index in [2.05, 4.69) is 29.0 Å². The number of nitrogens with zero attached hydrogens (tertiary/aromatic N) is 2. The van der Waals surface area contributed by atoms with E-state index in [1.54, 1.807) is 6.20 Å². The van der Waals surface area contributed by atoms with Gasteiger partial charge in [0, 0.05) is 23.3 Å². The van der Waals surface area contributed by atoms with Crippen molar-refractivity contribution < 1.29 is 4.42 Å². The maximum absolute atomic E-state index is 6.29. The van der Waals surface area contributed by atoms with Crippen LogP contribution >= 0.6 is 23.8 Å². The zero-order chi connectivity index (χ0) is 19.0. The fraction of sp³-hybridized carbons (Fsp3) is 0.238. The quantitative estimate of drug-likeness (QED) is 0.605. The van der Waals surface area contributed by atoms with E-state index in [9.17, 15) is 0 Å². The molecule has 1 aromatic carbocycles. The number of pyridine rings is 1. The van der Waals surface area contributed by atoms with Gasteiger partial charge in [-0.1, -0.05) is 23.7 Å². The second-order valence-electron chi connectivity index (χ2n) is 6.57. The first kappa shape index (κ1) is 18.0. The number of nitrogens with one attached hydrogen (secondary N) is 1. The van der Waals surface area contributed by atoms with Crippen molar-refractivity contribution in [1.29, 1.82) is 0 Å². The summed E-state index contributed by atoms with van der Waals surface area (Å²) in [6.07, 6.45) is 1.80. The average Bonchev–Trinajstić information content (AvgIpc) is 3.28. The van der Waals surface area contributed by atoms with Gasteiger partial charge in [0.1, 0.15) is 17.6 Å². The summed E-state index contributed by atoms with van der Waals surface area (Å²) in [6.45, 7) is 4.92. The highest BCUT2D eigenvalue weighted by Crippen LogP contribution is 2.40. The molecule has 27 heavy (non-hydrogen) atoms. The van der Waals surface area contributed by atoms with Crippen LogP contribution < -0.4 is 5.32 Å². The van der Waals surface area contributed by atoms with E-state index in [0.29, 0.717) is 5.02 Å². The van der Waals surface area contributed by atoms with Gasteiger partial charge in [-0.2, -0.15) is 0 Å². The Morgan fingerprint density at radius 3 is 2.81 bits per heavy atom. The number of rotatable bonds is 4. The highest BCUT2D eigenvalue weighted by Gasteiger charge is 2.40. The normalized spacial score (nSPS) is 19.4. The van der Waals surface area contributed by atoms with Crippen LogP contribution in [-0.2, 0) is 0 Å². The number of hydrogen-bond donors (Lipinski definition) is 1. The number of aryl methyl sites for hydroxylation is 1. The van der Waals surface area contributed by atoms with E-state index in [0.717, 1.165) is 40.0 Å². The van der Waals surface area contributed by atoms with E-state index >= 15 is 0 Å². The monoisotopic (exact) mass is 397 g/mol. The van der Waals surface area contributed by atoms with Crippen molar-refractivity contribution in [2.75, 3.05) is 6.54 Å². The Labute approximate surface area is 169 Å². The molecule has 0 radical (unpaired) electrons. The van der Waals surface area contributed by atoms with Crippen molar-refractivity contribution >= 4 is 28.9 Å². The molecule has 4 nitrogen and oxygen atoms in total. The van der Waals surface area contributed by atoms with Gasteiger partial charge in [0.25, 0.3) is 0 Å². The summed E-state index contributed by atoms with van der Waals surface area (Å²) >= 11 is 11.7. The molecule has 4 rings (SSSR count). The number of likely N-dealkylation sites (N-methyl/N-ethyl adjacent to an activating group) is 1. The number of hydrogen-bond acceptors (Lipinski definition) is 3. The van der Waals surface area contributed by atoms with Crippen molar-refractivity contribution in [3.8, 4) is 11.3 Å². The van der Waals surface area contributed by atoms with Crippen LogP contribution in [0.2, 0.25) is 5.02 Å². The highest BCUT2D eigenvalue weighted by molar-refractivity contribution is 7.80. The minimum Gasteiger partial charge on any atom is -0.459 e. The first-order valence-electron chi connectivity index (χ1n) is 8.93. The Bertz CT molecular complexity index is 973. The lowest BCUT2D eigenvalue weighted by Gasteiger charge is -2.24. The molecule has 2 aromatic heterocycles. The lowest BCUT2D eigenvalue weighted by atomic mass is 10.0. The molecule has 0 bridgehead atoms. The Balaban J connectivity index is 1.75. The summed E-state index contributed by atoms with van der Waals surface area (Å²) in [5.74, 6) is 1.66. The number of thiocarbonyl (C=S) groups is 1. The molecule has 1 fully saturated rings. The van der Waals surface area contributed by atoms with Gasteiger partial charge in [-0.25, -0.2) is 0 Å². The second-order valence-corrected chi connectivity index (χ2v) is 7.40. The molecule has 0 unspecified atom stereocenters. The zero-order valence-corrected chi connectivity index (χ0v) is 16.7. The van der Waals surface area contributed by atoms with Crippen LogP contribution in [0.15, 0.2) is 59.1 Å². The number of benzene rings is 1. The van der Waals surface area contributed by atoms with Crippen molar-refractivity contribution in [3.63, 3.8) is 0 Å². The molecule has 0 spiro atoms. The summed E-state index contributed by atoms with van der Waals surface area (Å²) < 4.78 is 6.29. The maximum atomic E-state index is 6.29. The SMILES string of the molecule is CCN1C(=S)N[C@@H](c2ccccn2)[C@@H]1c1ccc(-c2cc(Cl)ccc2C)o1. The second kappa shape index (κ2) is 7.33. The predicted octanol–water partition coefficient (Wildman–Crippen LogP) is 5.30. The molecule has 1 saturated heterocycles. The van der Waals surface area contributed by atoms with Gasteiger partial charge < -0.3 is 14.6 Å². The van der Waals surface area contributed by atoms with Gasteiger partial charge in [0.15, 0.2) is 5.11 Å². The summed E-state index contributed by atoms with van der Waals surface area (Å²) in [6, 6.07) is 15.7. The third-order valence-corrected chi connectivity index (χ3v) is 5.51. The summed E-state index contributed by atoms with van der Waals surface area (Å²) in [5, 5.41) is 4.81. The molecule has 1 aliphatic heterocycles. The fourth-order valence-electron chi connectivity index (χ4n) is 3.57. The van der Waals surface area contributed by atoms with Gasteiger partial charge in [-0.15, -0.1) is 0 Å². The zero-order valence-electron chi connectivity index (χ0n) is 15.1. The van der Waals surface area contributed by atoms with Crippen LogP contribution in [0, 0.1) is 6.92 Å². The van der Waals surface area contributed by atoms with Gasteiger partial charge in [-0.05, 0) is 68.0 Å². The Kier molecular flexibility index (Phi) is 4.89. The highest BCUT2D eigenvalue weighted by atomic mass is 35.5. The third kappa shape index (κ3) is 3.33. The third-order valence-electron chi connectivity index (χ3n) is 4.92. The topological polar surface area (TPSA) is 41.3 Å². The largest absolute Gasteiger partial charge is 0.459 e. The van der Waals surface area contributed by atoms with E-state index in [4.69, 9.17) is 28.2 Å². The van der Waals surface area contributed by atoms with E-state index in [-0.39, 0.29) is 12.1 Å². The van der Waals surface area contributed by atoms with Crippen molar-refractivity contribution in [2.45, 2.75) is 25.9 Å². The molecule has 1 aliphatic rings. The van der Waals surface area contributed by atoms with Crippen LogP contribution in [0.5, 0.6) is 0 Å². The van der Waals surface area contributed by atoms with Crippen molar-refractivity contribution in [1.82, 2.24) is 15.2 Å². The summed E-state index contributed by atoms with van der Waals surface area (Å²) in [4.78, 5) is 6.66. The van der Waals surface area contributed by atoms with Gasteiger partial charge in [0.2, 0.25) is 0 Å². The van der Waals surface area contributed by atoms with Crippen LogP contribution in [0.3, 0.4) is 0 Å². The van der Waals surface area contributed by atoms with E-state index in [1.165, 1.54) is 0 Å². The molecule has 0 saturated carbocycles. The molecular formula is C21H20ClN3OS. The Morgan fingerprint density at radius 2 is 2.07 bits per heavy atom. The molecule has 138 valence electrons. The van der Waals surface area contributed by atoms with Gasteiger partial charge in [0.05, 0.1) is 11.7 Å². The molecule has 0 amide bonds. The maximum Gasteiger partial charge on any atom is 0.170 e. The molecule has 6 heteroatoms. The fourth-order valence-corrected chi connectivity index (χ4v) is 4.11. The lowest BCUT2D eigenvalue weighted by molar-refractivity contribution is 0.284. The van der Waals surface area contributed by atoms with E-state index < -0.39 is 0 Å². The molecular weight excluding hydrogens is 378 g/mol. The van der Waals surface area contributed by atoms with Gasteiger partial charge >= 0.3 is 0 Å². The summed E-state index contributed by atoms with van der Waals surface area (Å²) in [7, 11) is 0. The number of furan rings is 1. The summed E-state index contributed by atoms with van der Waals surface area (Å²) in [5.41, 5.74) is 3.06. The molecule has 3 aromatic rings. The molecule has 1 N–H and O–H groups in total. The minimum atomic E-state index is -0.0573. The van der Waals surface area contributed by atoms with Crippen LogP contribution in [0.1, 0.15) is 36.0 Å². The Morgan fingerprint density at radius 1 is 1.22 bits per heavy atom. The standard InChI is InChI=1S/C21H20ClN3OS/c1-3-25-20(19(24-21(25)27)16-6-4-5-11-23-16)18-10-9-17(26-18)15-12-14(22)8-7-13(15)2/h4-12,19-20H,3H2,1-2H3,(H,24,27)/t19-,20-/m0/s1. The predicted molar refractivity (Wildman–Crippen MR) is 112 cm³/mol. The average molecular weight is 398 g/mol. The molecule has 3 heterocycles. The van der Waals surface area contributed by atoms with Crippen molar-refractivity contribution in [2.24, 2.45) is 0 Å². The first-order chi connectivity index (χ1) is 13.1. The lowest BCUT2D eigenvalue weighted by Crippen LogP contribution is -2.29. The van der Waals surface area contributed by atoms with Crippen molar-refractivity contribution in [3.05, 3.63) is 76.8 Å². The number of aromatic nitrogens is 1. The molecule has 2 atom stereocenters. The van der Waals surface area contributed by atoms with Crippen LogP contribution in [0.25, 0.3) is 11.3 Å². The smallest absolute Gasteiger partial charge is 0.170 e. The minimum absolute atomic E-state index is 0.0503. The first-order valence-corrected chi connectivity index (χ1v) is 9.71. The van der Waals surface area contributed by atoms with Crippen LogP contribution in [0.4, 0.5) is 0 Å². The van der Waals surface area contributed by atoms with Crippen LogP contribution in [-0.4, -0.2) is 21.5 Å². The Hall–Kier alpha value is -2.37. The number of halogens is 1. The molecule has 0 aliphatic carbocycles.